The Hall–Kier alpha value is -7.51. The van der Waals surface area contributed by atoms with Gasteiger partial charge in [-0.1, -0.05) is 113 Å². The van der Waals surface area contributed by atoms with Crippen LogP contribution in [0, 0.1) is 53.7 Å². The van der Waals surface area contributed by atoms with Crippen LogP contribution < -0.4 is 15.4 Å². The molecule has 0 saturated carbocycles. The second-order valence-corrected chi connectivity index (χ2v) is 25.4. The second kappa shape index (κ2) is 31.9. The van der Waals surface area contributed by atoms with Crippen molar-refractivity contribution in [3.63, 3.8) is 0 Å². The van der Waals surface area contributed by atoms with E-state index in [1.807, 2.05) is 94.5 Å². The number of benzene rings is 2. The third-order valence-electron chi connectivity index (χ3n) is 16.3. The van der Waals surface area contributed by atoms with Crippen molar-refractivity contribution in [3.05, 3.63) is 135 Å². The van der Waals surface area contributed by atoms with Crippen molar-refractivity contribution in [3.8, 4) is 11.8 Å². The Labute approximate surface area is 522 Å². The monoisotopic (exact) mass is 1210 g/mol. The molecule has 6 heterocycles. The highest BCUT2D eigenvalue weighted by molar-refractivity contribution is 6.31. The number of nitriles is 1. The van der Waals surface area contributed by atoms with Crippen LogP contribution in [-0.4, -0.2) is 92.9 Å². The zero-order valence-corrected chi connectivity index (χ0v) is 56.3. The van der Waals surface area contributed by atoms with Crippen LogP contribution in [0.1, 0.15) is 189 Å². The minimum Gasteiger partial charge on any atom is -0.497 e. The van der Waals surface area contributed by atoms with Crippen LogP contribution in [0.25, 0.3) is 22.1 Å². The van der Waals surface area contributed by atoms with Gasteiger partial charge >= 0.3 is 0 Å². The zero-order valence-electron chi connectivity index (χ0n) is 55.6. The molecule has 4 aromatic heterocycles. The Kier molecular flexibility index (Phi) is 26.4. The maximum absolute atomic E-state index is 14.2. The molecular formula is C70H97ClFN9O6. The van der Waals surface area contributed by atoms with Gasteiger partial charge in [0.05, 0.1) is 55.2 Å². The summed E-state index contributed by atoms with van der Waals surface area (Å²) < 4.78 is 28.3. The lowest BCUT2D eigenvalue weighted by Gasteiger charge is -2.37. The van der Waals surface area contributed by atoms with E-state index in [1.54, 1.807) is 37.7 Å². The lowest BCUT2D eigenvalue weighted by molar-refractivity contribution is -0.140. The average molecular weight is 1220 g/mol. The summed E-state index contributed by atoms with van der Waals surface area (Å²) in [5, 5.41) is 17.4. The summed E-state index contributed by atoms with van der Waals surface area (Å²) in [4.78, 5) is 65.3. The van der Waals surface area contributed by atoms with Gasteiger partial charge < -0.3 is 39.0 Å². The SMILES string of the molecule is C=C(C=C(C)C)OC.CC.CCC.COc1cc(C#N)cc(C(=O)Nc2cnc3c(c(C4CCN(C(=O)C(C)C(C)(C)C)CC4)cn3C)c2C)c1.Cc1c(NC(=O)c2cc(Cl)ccc2F)cnc2c1c(C1CCN(C(=O)C(C)C(C)(C)C)CC1)cn2C. The molecule has 2 aromatic carbocycles. The number of anilines is 2. The summed E-state index contributed by atoms with van der Waals surface area (Å²) in [6, 6.07) is 10.7. The van der Waals surface area contributed by atoms with Crippen LogP contribution in [0.5, 0.6) is 5.75 Å². The van der Waals surface area contributed by atoms with Gasteiger partial charge in [0.25, 0.3) is 11.8 Å². The number of pyridine rings is 2. The van der Waals surface area contributed by atoms with Crippen LogP contribution in [0.2, 0.25) is 5.02 Å². The summed E-state index contributed by atoms with van der Waals surface area (Å²) in [6.07, 6.45) is 14.2. The maximum Gasteiger partial charge on any atom is 0.258 e. The molecule has 472 valence electrons. The van der Waals surface area contributed by atoms with Gasteiger partial charge in [-0.05, 0) is 141 Å². The molecule has 4 amide bonds. The number of carbonyl (C=O) groups is 4. The number of hydrogen-bond donors (Lipinski definition) is 2. The fourth-order valence-electron chi connectivity index (χ4n) is 10.4. The lowest BCUT2D eigenvalue weighted by Crippen LogP contribution is -2.43. The largest absolute Gasteiger partial charge is 0.497 e. The molecule has 6 aromatic rings. The number of aromatic nitrogens is 4. The number of aryl methyl sites for hydroxylation is 4. The molecule has 17 heteroatoms. The number of halogens is 2. The Balaban J connectivity index is 0.000000311. The quantitative estimate of drug-likeness (QED) is 0.0944. The molecule has 2 aliphatic rings. The molecule has 2 unspecified atom stereocenters. The number of allylic oxidation sites excluding steroid dienone is 2. The number of amides is 4. The van der Waals surface area contributed by atoms with Gasteiger partial charge in [-0.15, -0.1) is 0 Å². The van der Waals surface area contributed by atoms with Crippen molar-refractivity contribution in [1.29, 1.82) is 5.26 Å². The van der Waals surface area contributed by atoms with Gasteiger partial charge in [-0.3, -0.25) is 19.2 Å². The molecule has 2 atom stereocenters. The summed E-state index contributed by atoms with van der Waals surface area (Å²) >= 11 is 5.97. The third kappa shape index (κ3) is 18.5. The minimum atomic E-state index is -0.633. The summed E-state index contributed by atoms with van der Waals surface area (Å²) in [5.41, 5.74) is 8.71. The molecule has 2 saturated heterocycles. The number of nitrogens with zero attached hydrogens (tertiary/aromatic N) is 7. The van der Waals surface area contributed by atoms with E-state index in [4.69, 9.17) is 21.1 Å². The number of methoxy groups -OCH3 is 2. The zero-order chi connectivity index (χ0) is 65.4. The first kappa shape index (κ1) is 72.0. The van der Waals surface area contributed by atoms with Crippen molar-refractivity contribution in [2.75, 3.05) is 51.0 Å². The molecule has 0 bridgehead atoms. The smallest absolute Gasteiger partial charge is 0.258 e. The number of piperidine rings is 2. The highest BCUT2D eigenvalue weighted by atomic mass is 35.5. The molecule has 8 rings (SSSR count). The first-order valence-electron chi connectivity index (χ1n) is 30.4. The second-order valence-electron chi connectivity index (χ2n) is 24.9. The molecule has 87 heavy (non-hydrogen) atoms. The van der Waals surface area contributed by atoms with E-state index in [1.165, 1.54) is 48.4 Å². The third-order valence-corrected chi connectivity index (χ3v) is 16.5. The Morgan fingerprint density at radius 3 is 1.55 bits per heavy atom. The maximum atomic E-state index is 14.2. The number of ether oxygens (including phenoxy) is 2. The van der Waals surface area contributed by atoms with Gasteiger partial charge in [0.15, 0.2) is 0 Å². The lowest BCUT2D eigenvalue weighted by atomic mass is 9.80. The number of hydrogen-bond acceptors (Lipinski definition) is 9. The van der Waals surface area contributed by atoms with E-state index in [0.29, 0.717) is 45.0 Å². The Morgan fingerprint density at radius 2 is 1.18 bits per heavy atom. The van der Waals surface area contributed by atoms with Gasteiger partial charge in [-0.2, -0.15) is 5.26 Å². The Bertz CT molecular complexity index is 3450. The van der Waals surface area contributed by atoms with E-state index in [0.717, 1.165) is 85.1 Å². The van der Waals surface area contributed by atoms with E-state index >= 15 is 0 Å². The van der Waals surface area contributed by atoms with Gasteiger partial charge in [-0.25, -0.2) is 14.4 Å². The molecule has 15 nitrogen and oxygen atoms in total. The van der Waals surface area contributed by atoms with Crippen molar-refractivity contribution in [2.24, 2.45) is 36.8 Å². The molecular weight excluding hydrogens is 1120 g/mol. The fourth-order valence-corrected chi connectivity index (χ4v) is 10.6. The number of fused-ring (bicyclic) bond motifs is 2. The fraction of sp³-hybridized carbons (Fsp3) is 0.500. The molecule has 0 spiro atoms. The Morgan fingerprint density at radius 1 is 0.759 bits per heavy atom. The van der Waals surface area contributed by atoms with E-state index in [-0.39, 0.29) is 51.9 Å². The minimum absolute atomic E-state index is 0.0250. The van der Waals surface area contributed by atoms with Crippen molar-refractivity contribution < 1.29 is 33.0 Å². The average Bonchev–Trinajstić information content (AvgIpc) is 1.74. The molecule has 0 radical (unpaired) electrons. The van der Waals surface area contributed by atoms with Crippen LogP contribution in [0.3, 0.4) is 0 Å². The molecule has 2 fully saturated rings. The van der Waals surface area contributed by atoms with E-state index in [9.17, 15) is 28.8 Å². The van der Waals surface area contributed by atoms with Crippen LogP contribution in [-0.2, 0) is 28.4 Å². The summed E-state index contributed by atoms with van der Waals surface area (Å²) in [5.74, 6) is 0.594. The van der Waals surface area contributed by atoms with Crippen LogP contribution in [0.4, 0.5) is 15.8 Å². The number of nitrogens with one attached hydrogen (secondary N) is 2. The highest BCUT2D eigenvalue weighted by Gasteiger charge is 2.35. The topological polar surface area (TPSA) is 177 Å². The summed E-state index contributed by atoms with van der Waals surface area (Å²) in [6.45, 7) is 39.4. The highest BCUT2D eigenvalue weighted by Crippen LogP contribution is 2.40. The standard InChI is InChI=1S/C30H37N5O3.C28H34ClFN4O2.C7H12O.C3H8.C2H6/c1-18-25(33-28(36)22-12-20(15-31)13-23(14-22)38-7)16-32-27-26(18)24(17-34(27)6)21-8-10-35(11-9-21)29(37)19(2)30(3,4)5;1-16-23(32-26(35)20-13-19(29)7-8-22(20)30)14-31-25-24(16)21(15-33(25)6)18-9-11-34(12-10-18)27(36)17(2)28(3,4)5;1-6(2)5-7(3)8-4;1-3-2;1-2/h12-14,16-17,19,21H,8-11H2,1-7H3,(H,33,36);7-8,13-15,17-18H,9-12H2,1-6H3,(H,32,35);5H,3H2,1-2,4H3;3H2,1-2H3;1-2H3. The van der Waals surface area contributed by atoms with Gasteiger partial charge in [0.1, 0.15) is 28.6 Å². The number of likely N-dealkylation sites (tertiary alicyclic amines) is 2. The van der Waals surface area contributed by atoms with E-state index < -0.39 is 11.7 Å². The van der Waals surface area contributed by atoms with Crippen molar-refractivity contribution in [1.82, 2.24) is 28.9 Å². The van der Waals surface area contributed by atoms with Gasteiger partial charge in [0, 0.05) is 85.9 Å². The normalized spacial score (nSPS) is 14.2. The predicted octanol–water partition coefficient (Wildman–Crippen LogP) is 16.3. The summed E-state index contributed by atoms with van der Waals surface area (Å²) in [7, 11) is 7.06. The number of carbonyl (C=O) groups excluding carboxylic acids is 4. The number of rotatable bonds is 11. The molecule has 0 aliphatic carbocycles. The molecule has 2 N–H and O–H groups in total. The van der Waals surface area contributed by atoms with E-state index in [2.05, 4.69) is 101 Å². The van der Waals surface area contributed by atoms with Gasteiger partial charge in [0.2, 0.25) is 11.8 Å². The molecule has 2 aliphatic heterocycles. The predicted molar refractivity (Wildman–Crippen MR) is 353 cm³/mol. The van der Waals surface area contributed by atoms with Crippen LogP contribution >= 0.6 is 11.6 Å². The van der Waals surface area contributed by atoms with Crippen LogP contribution in [0.15, 0.2) is 85.2 Å². The van der Waals surface area contributed by atoms with Crippen molar-refractivity contribution >= 4 is 68.7 Å². The first-order valence-corrected chi connectivity index (χ1v) is 30.8. The first-order chi connectivity index (χ1) is 40.9. The van der Waals surface area contributed by atoms with Crippen molar-refractivity contribution in [2.45, 2.75) is 155 Å².